The molecule has 0 amide bonds. The molecule has 0 atom stereocenters. The topological polar surface area (TPSA) is 20.3 Å². The fourth-order valence-electron chi connectivity index (χ4n) is 2.55. The number of rotatable bonds is 7. The molecule has 0 N–H and O–H groups in total. The molecule has 0 aromatic heterocycles. The molecule has 1 aliphatic heterocycles. The highest BCUT2D eigenvalue weighted by molar-refractivity contribution is 5.80. The normalized spacial score (nSPS) is 18.8. The van der Waals surface area contributed by atoms with E-state index in [1.165, 1.54) is 45.2 Å². The first-order valence-electron chi connectivity index (χ1n) is 7.31. The highest BCUT2D eigenvalue weighted by Gasteiger charge is 2.15. The largest absolute Gasteiger partial charge is 0.306 e. The summed E-state index contributed by atoms with van der Waals surface area (Å²) in [7, 11) is 2.22. The van der Waals surface area contributed by atoms with Crippen molar-refractivity contribution in [3.05, 3.63) is 0 Å². The number of carbonyl (C=O) groups is 1. The van der Waals surface area contributed by atoms with Gasteiger partial charge in [-0.05, 0) is 45.3 Å². The SMILES string of the molecule is CC(C)C(=O)CCCCCC1CCN(C)CC1. The number of nitrogens with zero attached hydrogens (tertiary/aromatic N) is 1. The lowest BCUT2D eigenvalue weighted by Crippen LogP contribution is -2.30. The smallest absolute Gasteiger partial charge is 0.135 e. The Balaban J connectivity index is 1.96. The van der Waals surface area contributed by atoms with Crippen LogP contribution in [-0.4, -0.2) is 30.8 Å². The molecule has 0 aromatic carbocycles. The molecule has 0 aromatic rings. The van der Waals surface area contributed by atoms with Crippen LogP contribution in [0, 0.1) is 11.8 Å². The number of hydrogen-bond donors (Lipinski definition) is 0. The van der Waals surface area contributed by atoms with Crippen LogP contribution in [0.4, 0.5) is 0 Å². The minimum atomic E-state index is 0.226. The van der Waals surface area contributed by atoms with Gasteiger partial charge in [0.1, 0.15) is 5.78 Å². The fourth-order valence-corrected chi connectivity index (χ4v) is 2.55. The van der Waals surface area contributed by atoms with Crippen molar-refractivity contribution in [1.82, 2.24) is 4.90 Å². The highest BCUT2D eigenvalue weighted by Crippen LogP contribution is 2.22. The van der Waals surface area contributed by atoms with Gasteiger partial charge in [0, 0.05) is 12.3 Å². The van der Waals surface area contributed by atoms with Crippen LogP contribution < -0.4 is 0 Å². The Bertz CT molecular complexity index is 217. The molecule has 0 saturated carbocycles. The molecule has 0 bridgehead atoms. The minimum Gasteiger partial charge on any atom is -0.306 e. The number of likely N-dealkylation sites (tertiary alicyclic amines) is 1. The quantitative estimate of drug-likeness (QED) is 0.634. The lowest BCUT2D eigenvalue weighted by atomic mass is 9.91. The van der Waals surface area contributed by atoms with Crippen LogP contribution in [-0.2, 0) is 4.79 Å². The summed E-state index contributed by atoms with van der Waals surface area (Å²) in [6.45, 7) is 6.55. The van der Waals surface area contributed by atoms with Crippen LogP contribution in [0.25, 0.3) is 0 Å². The molecule has 1 fully saturated rings. The highest BCUT2D eigenvalue weighted by atomic mass is 16.1. The summed E-state index contributed by atoms with van der Waals surface area (Å²) in [6.07, 6.45) is 8.59. The zero-order valence-electron chi connectivity index (χ0n) is 11.9. The molecular weight excluding hydrogens is 210 g/mol. The van der Waals surface area contributed by atoms with E-state index in [2.05, 4.69) is 11.9 Å². The molecule has 17 heavy (non-hydrogen) atoms. The van der Waals surface area contributed by atoms with Crippen molar-refractivity contribution in [1.29, 1.82) is 0 Å². The lowest BCUT2D eigenvalue weighted by molar-refractivity contribution is -0.122. The van der Waals surface area contributed by atoms with Crippen molar-refractivity contribution in [3.63, 3.8) is 0 Å². The lowest BCUT2D eigenvalue weighted by Gasteiger charge is -2.28. The molecule has 0 unspecified atom stereocenters. The monoisotopic (exact) mass is 239 g/mol. The van der Waals surface area contributed by atoms with Crippen LogP contribution in [0.2, 0.25) is 0 Å². The van der Waals surface area contributed by atoms with Crippen molar-refractivity contribution in [2.45, 2.75) is 58.8 Å². The molecule has 100 valence electrons. The van der Waals surface area contributed by atoms with Crippen LogP contribution in [0.3, 0.4) is 0 Å². The van der Waals surface area contributed by atoms with E-state index < -0.39 is 0 Å². The number of hydrogen-bond acceptors (Lipinski definition) is 2. The maximum atomic E-state index is 11.4. The number of Topliss-reactive ketones (excluding diaryl/α,β-unsaturated/α-hetero) is 1. The van der Waals surface area contributed by atoms with Crippen molar-refractivity contribution >= 4 is 5.78 Å². The Kier molecular flexibility index (Phi) is 6.79. The Morgan fingerprint density at radius 2 is 1.82 bits per heavy atom. The van der Waals surface area contributed by atoms with E-state index in [4.69, 9.17) is 0 Å². The van der Waals surface area contributed by atoms with Crippen LogP contribution in [0.5, 0.6) is 0 Å². The maximum Gasteiger partial charge on any atom is 0.135 e. The van der Waals surface area contributed by atoms with Crippen LogP contribution in [0.15, 0.2) is 0 Å². The number of ketones is 1. The Morgan fingerprint density at radius 3 is 2.41 bits per heavy atom. The average Bonchev–Trinajstić information content (AvgIpc) is 2.30. The fraction of sp³-hybridized carbons (Fsp3) is 0.933. The molecule has 1 heterocycles. The summed E-state index contributed by atoms with van der Waals surface area (Å²) < 4.78 is 0. The molecule has 0 radical (unpaired) electrons. The van der Waals surface area contributed by atoms with Crippen molar-refractivity contribution < 1.29 is 4.79 Å². The van der Waals surface area contributed by atoms with E-state index in [1.54, 1.807) is 0 Å². The van der Waals surface area contributed by atoms with Gasteiger partial charge >= 0.3 is 0 Å². The molecule has 1 saturated heterocycles. The molecule has 2 nitrogen and oxygen atoms in total. The minimum absolute atomic E-state index is 0.226. The van der Waals surface area contributed by atoms with Gasteiger partial charge in [0.15, 0.2) is 0 Å². The van der Waals surface area contributed by atoms with E-state index in [1.807, 2.05) is 13.8 Å². The van der Waals surface area contributed by atoms with Crippen LogP contribution in [0.1, 0.15) is 58.8 Å². The van der Waals surface area contributed by atoms with Gasteiger partial charge in [-0.25, -0.2) is 0 Å². The van der Waals surface area contributed by atoms with Gasteiger partial charge in [0.05, 0.1) is 0 Å². The molecule has 1 rings (SSSR count). The Labute approximate surface area is 107 Å². The third-order valence-electron chi connectivity index (χ3n) is 4.02. The summed E-state index contributed by atoms with van der Waals surface area (Å²) in [5.74, 6) is 1.61. The maximum absolute atomic E-state index is 11.4. The number of unbranched alkanes of at least 4 members (excludes halogenated alkanes) is 2. The third kappa shape index (κ3) is 6.21. The second-order valence-corrected chi connectivity index (χ2v) is 5.97. The molecule has 1 aliphatic rings. The Morgan fingerprint density at radius 1 is 1.18 bits per heavy atom. The molecule has 0 aliphatic carbocycles. The second-order valence-electron chi connectivity index (χ2n) is 5.97. The van der Waals surface area contributed by atoms with Gasteiger partial charge < -0.3 is 4.90 Å². The predicted octanol–water partition coefficient (Wildman–Crippen LogP) is 3.50. The molecule has 0 spiro atoms. The van der Waals surface area contributed by atoms with E-state index in [-0.39, 0.29) is 5.92 Å². The van der Waals surface area contributed by atoms with Crippen molar-refractivity contribution in [2.24, 2.45) is 11.8 Å². The summed E-state index contributed by atoms with van der Waals surface area (Å²) >= 11 is 0. The van der Waals surface area contributed by atoms with E-state index in [9.17, 15) is 4.79 Å². The number of piperidine rings is 1. The summed E-state index contributed by atoms with van der Waals surface area (Å²) in [6, 6.07) is 0. The van der Waals surface area contributed by atoms with E-state index in [0.717, 1.165) is 18.8 Å². The van der Waals surface area contributed by atoms with Gasteiger partial charge in [0.2, 0.25) is 0 Å². The predicted molar refractivity (Wildman–Crippen MR) is 73.2 cm³/mol. The van der Waals surface area contributed by atoms with Crippen molar-refractivity contribution in [2.75, 3.05) is 20.1 Å². The first kappa shape index (κ1) is 14.7. The standard InChI is InChI=1S/C15H29NO/c1-13(2)15(17)8-6-4-5-7-14-9-11-16(3)12-10-14/h13-14H,4-12H2,1-3H3. The van der Waals surface area contributed by atoms with Crippen LogP contribution >= 0.6 is 0 Å². The van der Waals surface area contributed by atoms with E-state index in [0.29, 0.717) is 5.78 Å². The summed E-state index contributed by atoms with van der Waals surface area (Å²) in [5.41, 5.74) is 0. The average molecular weight is 239 g/mol. The van der Waals surface area contributed by atoms with E-state index >= 15 is 0 Å². The third-order valence-corrected chi connectivity index (χ3v) is 4.02. The van der Waals surface area contributed by atoms with Gasteiger partial charge in [-0.1, -0.05) is 33.1 Å². The zero-order valence-corrected chi connectivity index (χ0v) is 11.9. The van der Waals surface area contributed by atoms with Gasteiger partial charge in [-0.3, -0.25) is 4.79 Å². The second kappa shape index (κ2) is 7.86. The first-order chi connectivity index (χ1) is 8.09. The van der Waals surface area contributed by atoms with Gasteiger partial charge in [0.25, 0.3) is 0 Å². The molecular formula is C15H29NO. The summed E-state index contributed by atoms with van der Waals surface area (Å²) in [5, 5.41) is 0. The summed E-state index contributed by atoms with van der Waals surface area (Å²) in [4.78, 5) is 13.9. The zero-order chi connectivity index (χ0) is 12.7. The van der Waals surface area contributed by atoms with Gasteiger partial charge in [-0.2, -0.15) is 0 Å². The number of carbonyl (C=O) groups excluding carboxylic acids is 1. The van der Waals surface area contributed by atoms with Crippen molar-refractivity contribution in [3.8, 4) is 0 Å². The first-order valence-corrected chi connectivity index (χ1v) is 7.31. The Hall–Kier alpha value is -0.370. The van der Waals surface area contributed by atoms with Gasteiger partial charge in [-0.15, -0.1) is 0 Å². The molecule has 2 heteroatoms.